The van der Waals surface area contributed by atoms with Crippen LogP contribution in [-0.4, -0.2) is 22.2 Å². The Bertz CT molecular complexity index is 634. The minimum atomic E-state index is -4.40. The minimum absolute atomic E-state index is 0.313. The second-order valence-corrected chi connectivity index (χ2v) is 4.63. The van der Waals surface area contributed by atoms with Crippen molar-refractivity contribution in [1.29, 1.82) is 0 Å². The molecule has 0 aliphatic heterocycles. The molecule has 1 atom stereocenters. The number of fused-ring (bicyclic) bond motifs is 1. The summed E-state index contributed by atoms with van der Waals surface area (Å²) in [7, 11) is 0. The molecule has 0 aliphatic carbocycles. The summed E-state index contributed by atoms with van der Waals surface area (Å²) >= 11 is 0. The molecule has 1 amide bonds. The summed E-state index contributed by atoms with van der Waals surface area (Å²) in [6.45, 7) is 1.65. The summed E-state index contributed by atoms with van der Waals surface area (Å²) < 4.78 is 38.1. The Kier molecular flexibility index (Phi) is 3.61. The van der Waals surface area contributed by atoms with Gasteiger partial charge in [-0.15, -0.1) is 0 Å². The van der Waals surface area contributed by atoms with E-state index >= 15 is 0 Å². The van der Waals surface area contributed by atoms with Crippen LogP contribution in [0.3, 0.4) is 0 Å². The Morgan fingerprint density at radius 1 is 1.45 bits per heavy atom. The van der Waals surface area contributed by atoms with Gasteiger partial charge >= 0.3 is 12.3 Å². The van der Waals surface area contributed by atoms with E-state index in [1.165, 1.54) is 6.07 Å². The number of halogens is 3. The van der Waals surface area contributed by atoms with E-state index in [0.29, 0.717) is 22.9 Å². The predicted octanol–water partition coefficient (Wildman–Crippen LogP) is 3.39. The summed E-state index contributed by atoms with van der Waals surface area (Å²) in [5.74, 6) is 0. The maximum atomic E-state index is 12.7. The van der Waals surface area contributed by atoms with E-state index in [4.69, 9.17) is 5.11 Å². The third-order valence-electron chi connectivity index (χ3n) is 2.99. The Morgan fingerprint density at radius 3 is 2.75 bits per heavy atom. The van der Waals surface area contributed by atoms with Crippen molar-refractivity contribution in [2.75, 3.05) is 0 Å². The van der Waals surface area contributed by atoms with Crippen LogP contribution in [-0.2, 0) is 12.6 Å². The molecular weight excluding hydrogens is 273 g/mol. The number of H-pyrrole nitrogens is 1. The average molecular weight is 286 g/mol. The Morgan fingerprint density at radius 2 is 2.15 bits per heavy atom. The number of aromatic amines is 1. The van der Waals surface area contributed by atoms with E-state index in [1.54, 1.807) is 13.1 Å². The van der Waals surface area contributed by atoms with Crippen LogP contribution in [0.2, 0.25) is 0 Å². The third-order valence-corrected chi connectivity index (χ3v) is 2.99. The molecule has 20 heavy (non-hydrogen) atoms. The molecule has 2 aromatic rings. The predicted molar refractivity (Wildman–Crippen MR) is 67.6 cm³/mol. The van der Waals surface area contributed by atoms with Crippen molar-refractivity contribution in [3.05, 3.63) is 35.5 Å². The fourth-order valence-electron chi connectivity index (χ4n) is 2.12. The van der Waals surface area contributed by atoms with Crippen molar-refractivity contribution < 1.29 is 23.1 Å². The lowest BCUT2D eigenvalue weighted by molar-refractivity contribution is -0.137. The molecule has 1 aromatic heterocycles. The SMILES string of the molecule is C[C@H](Cc1c[nH]c2ccc(C(F)(F)F)cc12)NC(=O)O. The standard InChI is InChI=1S/C13H13F3N2O2/c1-7(18-12(19)20)4-8-6-17-11-3-2-9(5-10(8)11)13(14,15)16/h2-3,5-7,17-18H,4H2,1H3,(H,19,20)/t7-/m1/s1. The summed E-state index contributed by atoms with van der Waals surface area (Å²) in [5, 5.41) is 11.3. The van der Waals surface area contributed by atoms with Crippen LogP contribution in [0.15, 0.2) is 24.4 Å². The first-order valence-electron chi connectivity index (χ1n) is 5.94. The van der Waals surface area contributed by atoms with Crippen LogP contribution in [0.5, 0.6) is 0 Å². The van der Waals surface area contributed by atoms with Crippen molar-refractivity contribution in [1.82, 2.24) is 10.3 Å². The normalized spacial score (nSPS) is 13.4. The van der Waals surface area contributed by atoms with Gasteiger partial charge in [0.2, 0.25) is 0 Å². The molecule has 0 spiro atoms. The van der Waals surface area contributed by atoms with Crippen molar-refractivity contribution in [3.8, 4) is 0 Å². The van der Waals surface area contributed by atoms with Crippen LogP contribution < -0.4 is 5.32 Å². The van der Waals surface area contributed by atoms with Gasteiger partial charge in [0.05, 0.1) is 5.56 Å². The van der Waals surface area contributed by atoms with Crippen molar-refractivity contribution in [2.24, 2.45) is 0 Å². The fraction of sp³-hybridized carbons (Fsp3) is 0.308. The first-order valence-corrected chi connectivity index (χ1v) is 5.94. The zero-order chi connectivity index (χ0) is 14.9. The second-order valence-electron chi connectivity index (χ2n) is 4.63. The highest BCUT2D eigenvalue weighted by Gasteiger charge is 2.30. The van der Waals surface area contributed by atoms with Crippen molar-refractivity contribution >= 4 is 17.0 Å². The first kappa shape index (κ1) is 14.2. The van der Waals surface area contributed by atoms with Crippen LogP contribution >= 0.6 is 0 Å². The van der Waals surface area contributed by atoms with Crippen molar-refractivity contribution in [3.63, 3.8) is 0 Å². The van der Waals surface area contributed by atoms with Crippen LogP contribution in [0.25, 0.3) is 10.9 Å². The number of rotatable bonds is 3. The number of hydrogen-bond acceptors (Lipinski definition) is 1. The molecule has 4 nitrogen and oxygen atoms in total. The van der Waals surface area contributed by atoms with E-state index < -0.39 is 17.8 Å². The smallest absolute Gasteiger partial charge is 0.416 e. The maximum absolute atomic E-state index is 12.7. The molecule has 7 heteroatoms. The van der Waals surface area contributed by atoms with Gasteiger partial charge in [0.25, 0.3) is 0 Å². The monoisotopic (exact) mass is 286 g/mol. The Balaban J connectivity index is 2.32. The summed E-state index contributed by atoms with van der Waals surface area (Å²) in [5.41, 5.74) is 0.521. The zero-order valence-electron chi connectivity index (χ0n) is 10.6. The highest BCUT2D eigenvalue weighted by atomic mass is 19.4. The highest BCUT2D eigenvalue weighted by Crippen LogP contribution is 2.32. The number of benzene rings is 1. The number of aromatic nitrogens is 1. The lowest BCUT2D eigenvalue weighted by Gasteiger charge is -2.11. The van der Waals surface area contributed by atoms with Gasteiger partial charge in [-0.2, -0.15) is 13.2 Å². The highest BCUT2D eigenvalue weighted by molar-refractivity contribution is 5.84. The van der Waals surface area contributed by atoms with E-state index in [0.717, 1.165) is 12.1 Å². The van der Waals surface area contributed by atoms with Crippen molar-refractivity contribution in [2.45, 2.75) is 25.6 Å². The zero-order valence-corrected chi connectivity index (χ0v) is 10.6. The van der Waals surface area contributed by atoms with Gasteiger partial charge in [0.1, 0.15) is 0 Å². The second kappa shape index (κ2) is 5.07. The lowest BCUT2D eigenvalue weighted by Crippen LogP contribution is -2.32. The average Bonchev–Trinajstić information content (AvgIpc) is 2.69. The molecule has 0 unspecified atom stereocenters. The lowest BCUT2D eigenvalue weighted by atomic mass is 10.0. The molecule has 0 radical (unpaired) electrons. The topological polar surface area (TPSA) is 65.1 Å². The molecule has 0 saturated carbocycles. The molecule has 108 valence electrons. The van der Waals surface area contributed by atoms with E-state index in [9.17, 15) is 18.0 Å². The number of alkyl halides is 3. The van der Waals surface area contributed by atoms with Gasteiger partial charge < -0.3 is 15.4 Å². The van der Waals surface area contributed by atoms with Gasteiger partial charge in [-0.1, -0.05) is 0 Å². The number of nitrogens with one attached hydrogen (secondary N) is 2. The van der Waals surface area contributed by atoms with E-state index in [1.807, 2.05) is 0 Å². The van der Waals surface area contributed by atoms with Gasteiger partial charge in [-0.25, -0.2) is 4.79 Å². The molecule has 0 saturated heterocycles. The first-order chi connectivity index (χ1) is 9.27. The van der Waals surface area contributed by atoms with Gasteiger partial charge in [0, 0.05) is 23.1 Å². The molecule has 2 rings (SSSR count). The van der Waals surface area contributed by atoms with E-state index in [2.05, 4.69) is 10.3 Å². The number of hydrogen-bond donors (Lipinski definition) is 3. The van der Waals surface area contributed by atoms with Crippen LogP contribution in [0, 0.1) is 0 Å². The van der Waals surface area contributed by atoms with Gasteiger partial charge in [-0.05, 0) is 37.1 Å². The van der Waals surface area contributed by atoms with Gasteiger partial charge in [0.15, 0.2) is 0 Å². The number of carbonyl (C=O) groups is 1. The maximum Gasteiger partial charge on any atom is 0.416 e. The fourth-order valence-corrected chi connectivity index (χ4v) is 2.12. The quantitative estimate of drug-likeness (QED) is 0.809. The third kappa shape index (κ3) is 3.04. The minimum Gasteiger partial charge on any atom is -0.465 e. The Labute approximate surface area is 112 Å². The summed E-state index contributed by atoms with van der Waals surface area (Å²) in [6, 6.07) is 3.08. The van der Waals surface area contributed by atoms with Gasteiger partial charge in [-0.3, -0.25) is 0 Å². The molecule has 1 heterocycles. The molecule has 3 N–H and O–H groups in total. The summed E-state index contributed by atoms with van der Waals surface area (Å²) in [6.07, 6.45) is -3.64. The number of carboxylic acid groups (broad SMARTS) is 1. The van der Waals surface area contributed by atoms with Crippen LogP contribution in [0.1, 0.15) is 18.1 Å². The Hall–Kier alpha value is -2.18. The van der Waals surface area contributed by atoms with Crippen LogP contribution in [0.4, 0.5) is 18.0 Å². The largest absolute Gasteiger partial charge is 0.465 e. The molecule has 0 bridgehead atoms. The van der Waals surface area contributed by atoms with E-state index in [-0.39, 0.29) is 6.04 Å². The summed E-state index contributed by atoms with van der Waals surface area (Å²) in [4.78, 5) is 13.4. The molecule has 0 aliphatic rings. The molecule has 1 aromatic carbocycles. The molecular formula is C13H13F3N2O2. The number of amides is 1. The molecule has 0 fully saturated rings.